The quantitative estimate of drug-likeness (QED) is 0.266. The largest absolute Gasteiger partial charge is 0.368 e. The molecule has 0 aliphatic carbocycles. The SMILES string of the molecule is CCOC1CC(=O)N(C(C(=S)S)c2cccc(C(C(=S)S)N3C(=O)CC(OCC)C3=O)c2)C1=O. The molecule has 0 bridgehead atoms. The minimum absolute atomic E-state index is 0.0851. The lowest BCUT2D eigenvalue weighted by atomic mass is 9.99. The molecule has 2 heterocycles. The number of benzene rings is 1. The van der Waals surface area contributed by atoms with E-state index in [4.69, 9.17) is 33.9 Å². The fraction of sp³-hybridized carbons (Fsp3) is 0.455. The molecule has 4 unspecified atom stereocenters. The van der Waals surface area contributed by atoms with E-state index in [-0.39, 0.29) is 34.4 Å². The monoisotopic (exact) mass is 540 g/mol. The van der Waals surface area contributed by atoms with Crippen molar-refractivity contribution in [2.75, 3.05) is 13.2 Å². The molecule has 2 aliphatic rings. The van der Waals surface area contributed by atoms with Crippen molar-refractivity contribution in [3.05, 3.63) is 35.4 Å². The molecule has 0 radical (unpaired) electrons. The second-order valence-electron chi connectivity index (χ2n) is 7.65. The predicted molar refractivity (Wildman–Crippen MR) is 139 cm³/mol. The first-order chi connectivity index (χ1) is 16.1. The maximum Gasteiger partial charge on any atom is 0.259 e. The zero-order chi connectivity index (χ0) is 25.2. The van der Waals surface area contributed by atoms with Gasteiger partial charge in [-0.05, 0) is 25.0 Å². The lowest BCUT2D eigenvalue weighted by Crippen LogP contribution is -2.39. The van der Waals surface area contributed by atoms with E-state index in [1.807, 2.05) is 0 Å². The Balaban J connectivity index is 2.00. The molecule has 182 valence electrons. The van der Waals surface area contributed by atoms with Crippen molar-refractivity contribution in [1.82, 2.24) is 9.80 Å². The number of thiol groups is 2. The van der Waals surface area contributed by atoms with Crippen molar-refractivity contribution in [3.63, 3.8) is 0 Å². The van der Waals surface area contributed by atoms with Crippen molar-refractivity contribution in [2.45, 2.75) is 51.0 Å². The highest BCUT2D eigenvalue weighted by Crippen LogP contribution is 2.35. The molecule has 3 rings (SSSR count). The van der Waals surface area contributed by atoms with E-state index in [1.54, 1.807) is 38.1 Å². The van der Waals surface area contributed by atoms with E-state index in [9.17, 15) is 19.2 Å². The molecular formula is C22H24N2O6S4. The van der Waals surface area contributed by atoms with Gasteiger partial charge in [-0.1, -0.05) is 48.7 Å². The summed E-state index contributed by atoms with van der Waals surface area (Å²) in [7, 11) is 0. The number of carbonyl (C=O) groups excluding carboxylic acids is 4. The van der Waals surface area contributed by atoms with Crippen LogP contribution in [0.2, 0.25) is 0 Å². The molecular weight excluding hydrogens is 517 g/mol. The second kappa shape index (κ2) is 11.4. The zero-order valence-electron chi connectivity index (χ0n) is 18.5. The molecule has 1 aromatic rings. The maximum atomic E-state index is 12.9. The molecule has 0 spiro atoms. The molecule has 2 saturated heterocycles. The van der Waals surface area contributed by atoms with Crippen molar-refractivity contribution in [1.29, 1.82) is 0 Å². The van der Waals surface area contributed by atoms with Crippen molar-refractivity contribution >= 4 is 81.7 Å². The summed E-state index contributed by atoms with van der Waals surface area (Å²) >= 11 is 19.2. The van der Waals surface area contributed by atoms with E-state index in [0.29, 0.717) is 11.1 Å². The van der Waals surface area contributed by atoms with Crippen LogP contribution in [-0.4, -0.2) is 67.2 Å². The van der Waals surface area contributed by atoms with E-state index in [1.165, 1.54) is 0 Å². The molecule has 1 aromatic carbocycles. The Bertz CT molecular complexity index is 971. The number of rotatable bonds is 10. The first-order valence-electron chi connectivity index (χ1n) is 10.6. The third-order valence-electron chi connectivity index (χ3n) is 5.55. The Labute approximate surface area is 219 Å². The van der Waals surface area contributed by atoms with Gasteiger partial charge >= 0.3 is 0 Å². The van der Waals surface area contributed by atoms with Crippen LogP contribution >= 0.6 is 49.7 Å². The summed E-state index contributed by atoms with van der Waals surface area (Å²) in [5.41, 5.74) is 0.956. The lowest BCUT2D eigenvalue weighted by molar-refractivity contribution is -0.144. The molecule has 34 heavy (non-hydrogen) atoms. The summed E-state index contributed by atoms with van der Waals surface area (Å²) in [6.45, 7) is 4.04. The third-order valence-corrected chi connectivity index (χ3v) is 6.48. The van der Waals surface area contributed by atoms with Crippen LogP contribution in [0.25, 0.3) is 0 Å². The Hall–Kier alpha value is -1.70. The number of carbonyl (C=O) groups is 4. The third kappa shape index (κ3) is 5.26. The highest BCUT2D eigenvalue weighted by molar-refractivity contribution is 8.11. The Morgan fingerprint density at radius 2 is 1.26 bits per heavy atom. The number of likely N-dealkylation sites (tertiary alicyclic amines) is 2. The predicted octanol–water partition coefficient (Wildman–Crippen LogP) is 2.61. The first kappa shape index (κ1) is 26.9. The number of nitrogens with zero attached hydrogens (tertiary/aromatic N) is 2. The van der Waals surface area contributed by atoms with Crippen LogP contribution in [0.5, 0.6) is 0 Å². The fourth-order valence-corrected chi connectivity index (χ4v) is 5.17. The summed E-state index contributed by atoms with van der Waals surface area (Å²) < 4.78 is 11.0. The van der Waals surface area contributed by atoms with E-state index < -0.39 is 47.9 Å². The summed E-state index contributed by atoms with van der Waals surface area (Å²) in [5.74, 6) is -1.85. The molecule has 12 heteroatoms. The van der Waals surface area contributed by atoms with Crippen molar-refractivity contribution < 1.29 is 28.7 Å². The van der Waals surface area contributed by atoms with E-state index in [0.717, 1.165) is 9.80 Å². The number of imide groups is 2. The zero-order valence-corrected chi connectivity index (χ0v) is 21.9. The van der Waals surface area contributed by atoms with Crippen LogP contribution < -0.4 is 0 Å². The first-order valence-corrected chi connectivity index (χ1v) is 12.3. The number of hydrogen-bond acceptors (Lipinski definition) is 8. The van der Waals surface area contributed by atoms with Gasteiger partial charge in [0.2, 0.25) is 11.8 Å². The van der Waals surface area contributed by atoms with Gasteiger partial charge in [0, 0.05) is 13.2 Å². The average Bonchev–Trinajstić information content (AvgIpc) is 3.19. The highest BCUT2D eigenvalue weighted by atomic mass is 32.1. The van der Waals surface area contributed by atoms with Gasteiger partial charge < -0.3 is 9.47 Å². The summed E-state index contributed by atoms with van der Waals surface area (Å²) in [6, 6.07) is 4.78. The molecule has 0 saturated carbocycles. The average molecular weight is 541 g/mol. The minimum atomic E-state index is -0.945. The number of amides is 4. The van der Waals surface area contributed by atoms with Gasteiger partial charge in [0.15, 0.2) is 0 Å². The highest BCUT2D eigenvalue weighted by Gasteiger charge is 2.46. The van der Waals surface area contributed by atoms with Gasteiger partial charge in [-0.3, -0.25) is 29.0 Å². The molecule has 0 N–H and O–H groups in total. The molecule has 4 amide bonds. The molecule has 2 aliphatic heterocycles. The second-order valence-corrected chi connectivity index (χ2v) is 10.1. The minimum Gasteiger partial charge on any atom is -0.368 e. The number of thiocarbonyl (C=S) groups is 2. The van der Waals surface area contributed by atoms with Crippen LogP contribution in [0.15, 0.2) is 24.3 Å². The van der Waals surface area contributed by atoms with Crippen LogP contribution in [-0.2, 0) is 28.7 Å². The van der Waals surface area contributed by atoms with Crippen LogP contribution in [0.3, 0.4) is 0 Å². The Morgan fingerprint density at radius 1 is 0.882 bits per heavy atom. The standard InChI is InChI=1S/C22H24N2O6S4/c1-3-29-13-9-15(25)23(19(13)27)17(21(31)32)11-6-5-7-12(8-11)18(22(33)34)24-16(26)10-14(20(24)28)30-4-2/h5-8,13-14,17-18H,3-4,9-10H2,1-2H3,(H,31,32)(H,33,34). The number of ether oxygens (including phenoxy) is 2. The van der Waals surface area contributed by atoms with Gasteiger partial charge in [-0.25, -0.2) is 0 Å². The van der Waals surface area contributed by atoms with Crippen molar-refractivity contribution in [2.24, 2.45) is 0 Å². The molecule has 8 nitrogen and oxygen atoms in total. The molecule has 2 fully saturated rings. The molecule has 0 aromatic heterocycles. The van der Waals surface area contributed by atoms with Gasteiger partial charge in [-0.2, -0.15) is 0 Å². The normalized spacial score (nSPS) is 22.5. The summed E-state index contributed by atoms with van der Waals surface area (Å²) in [4.78, 5) is 53.3. The summed E-state index contributed by atoms with van der Waals surface area (Å²) in [6.07, 6.45) is -1.92. The Morgan fingerprint density at radius 3 is 1.59 bits per heavy atom. The van der Waals surface area contributed by atoms with Crippen LogP contribution in [0.4, 0.5) is 0 Å². The van der Waals surface area contributed by atoms with E-state index in [2.05, 4.69) is 25.3 Å². The van der Waals surface area contributed by atoms with Crippen molar-refractivity contribution in [3.8, 4) is 0 Å². The molecule has 4 atom stereocenters. The summed E-state index contributed by atoms with van der Waals surface area (Å²) in [5, 5.41) is 0. The maximum absolute atomic E-state index is 12.9. The topological polar surface area (TPSA) is 93.2 Å². The number of hydrogen-bond donors (Lipinski definition) is 2. The van der Waals surface area contributed by atoms with Gasteiger partial charge in [0.25, 0.3) is 11.8 Å². The van der Waals surface area contributed by atoms with Gasteiger partial charge in [0.1, 0.15) is 24.3 Å². The van der Waals surface area contributed by atoms with Gasteiger partial charge in [0.05, 0.1) is 21.2 Å². The smallest absolute Gasteiger partial charge is 0.259 e. The fourth-order valence-electron chi connectivity index (χ4n) is 4.15. The van der Waals surface area contributed by atoms with Crippen LogP contribution in [0, 0.1) is 0 Å². The van der Waals surface area contributed by atoms with E-state index >= 15 is 0 Å². The van der Waals surface area contributed by atoms with Gasteiger partial charge in [-0.15, -0.1) is 25.3 Å². The lowest BCUT2D eigenvalue weighted by Gasteiger charge is -2.29. The van der Waals surface area contributed by atoms with Crippen LogP contribution in [0.1, 0.15) is 49.9 Å². The Kier molecular flexibility index (Phi) is 8.98.